The molecule has 0 unspecified atom stereocenters. The number of rotatable bonds is 6. The van der Waals surface area contributed by atoms with Crippen molar-refractivity contribution in [3.8, 4) is 0 Å². The van der Waals surface area contributed by atoms with Gasteiger partial charge in [0.05, 0.1) is 28.1 Å². The van der Waals surface area contributed by atoms with Crippen LogP contribution >= 0.6 is 11.3 Å². The fraction of sp³-hybridized carbons (Fsp3) is 0.286. The number of aromatic nitrogens is 1. The predicted molar refractivity (Wildman–Crippen MR) is 118 cm³/mol. The molecule has 1 heterocycles. The zero-order valence-electron chi connectivity index (χ0n) is 17.4. The number of nitrogens with zero attached hydrogens (tertiary/aromatic N) is 2. The lowest BCUT2D eigenvalue weighted by Crippen LogP contribution is -2.20. The Labute approximate surface area is 184 Å². The third-order valence-electron chi connectivity index (χ3n) is 4.64. The molecule has 1 aromatic heterocycles. The molecule has 0 fully saturated rings. The lowest BCUT2D eigenvalue weighted by molar-refractivity contribution is -0.143. The van der Waals surface area contributed by atoms with Gasteiger partial charge in [0.25, 0.3) is 5.91 Å². The molecule has 31 heavy (non-hydrogen) atoms. The van der Waals surface area contributed by atoms with Crippen LogP contribution in [0.25, 0.3) is 10.2 Å². The van der Waals surface area contributed by atoms with Crippen molar-refractivity contribution in [1.82, 2.24) is 4.57 Å². The fourth-order valence-electron chi connectivity index (χ4n) is 3.17. The number of aryl methyl sites for hydroxylation is 3. The lowest BCUT2D eigenvalue weighted by Gasteiger charge is -2.06. The van der Waals surface area contributed by atoms with Gasteiger partial charge in [-0.1, -0.05) is 29.0 Å². The van der Waals surface area contributed by atoms with E-state index in [0.717, 1.165) is 22.5 Å². The molecule has 164 valence electrons. The molecule has 0 saturated heterocycles. The fourth-order valence-corrected chi connectivity index (χ4v) is 4.88. The van der Waals surface area contributed by atoms with Gasteiger partial charge in [0, 0.05) is 12.1 Å². The summed E-state index contributed by atoms with van der Waals surface area (Å²) in [4.78, 5) is 29.3. The first kappa shape index (κ1) is 22.9. The lowest BCUT2D eigenvalue weighted by atomic mass is 10.1. The summed E-state index contributed by atoms with van der Waals surface area (Å²) in [5, 5.41) is 5.24. The van der Waals surface area contributed by atoms with E-state index >= 15 is 0 Å². The van der Waals surface area contributed by atoms with Crippen LogP contribution in [0.15, 0.2) is 46.3 Å². The molecule has 0 aliphatic heterocycles. The van der Waals surface area contributed by atoms with Crippen LogP contribution in [0.3, 0.4) is 0 Å². The van der Waals surface area contributed by atoms with E-state index in [-0.39, 0.29) is 30.4 Å². The molecule has 3 rings (SSSR count). The van der Waals surface area contributed by atoms with Crippen molar-refractivity contribution < 1.29 is 22.7 Å². The summed E-state index contributed by atoms with van der Waals surface area (Å²) in [6.45, 7) is 6.01. The highest BCUT2D eigenvalue weighted by Crippen LogP contribution is 2.22. The Morgan fingerprint density at radius 2 is 1.90 bits per heavy atom. The maximum Gasteiger partial charge on any atom is 0.307 e. The normalized spacial score (nSPS) is 12.3. The van der Waals surface area contributed by atoms with Crippen LogP contribution in [-0.4, -0.2) is 31.5 Å². The number of carbonyl (C=O) groups is 2. The monoisotopic (exact) mass is 461 g/mol. The minimum absolute atomic E-state index is 0.0361. The van der Waals surface area contributed by atoms with E-state index in [1.54, 1.807) is 23.6 Å². The molecule has 0 atom stereocenters. The molecule has 0 radical (unpaired) electrons. The zero-order valence-corrected chi connectivity index (χ0v) is 19.0. The van der Waals surface area contributed by atoms with E-state index in [1.165, 1.54) is 12.1 Å². The Bertz CT molecular complexity index is 1340. The van der Waals surface area contributed by atoms with Crippen molar-refractivity contribution in [2.45, 2.75) is 38.6 Å². The molecule has 0 spiro atoms. The average molecular weight is 462 g/mol. The number of amides is 1. The van der Waals surface area contributed by atoms with Gasteiger partial charge >= 0.3 is 5.97 Å². The molecule has 2 aromatic carbocycles. The highest BCUT2D eigenvalue weighted by molar-refractivity contribution is 7.89. The van der Waals surface area contributed by atoms with Gasteiger partial charge in [-0.05, 0) is 50.6 Å². The van der Waals surface area contributed by atoms with Crippen molar-refractivity contribution in [1.29, 1.82) is 0 Å². The van der Waals surface area contributed by atoms with Gasteiger partial charge in [0.1, 0.15) is 0 Å². The van der Waals surface area contributed by atoms with Crippen molar-refractivity contribution in [3.05, 3.63) is 57.9 Å². The van der Waals surface area contributed by atoms with Crippen molar-refractivity contribution >= 4 is 43.5 Å². The highest BCUT2D eigenvalue weighted by atomic mass is 32.2. The summed E-state index contributed by atoms with van der Waals surface area (Å²) < 4.78 is 30.7. The summed E-state index contributed by atoms with van der Waals surface area (Å²) in [6.07, 6.45) is 0.0849. The third kappa shape index (κ3) is 5.27. The maximum atomic E-state index is 12.9. The number of benzene rings is 2. The number of esters is 1. The smallest absolute Gasteiger partial charge is 0.307 e. The van der Waals surface area contributed by atoms with Gasteiger partial charge in [-0.25, -0.2) is 13.6 Å². The molecule has 3 aromatic rings. The van der Waals surface area contributed by atoms with E-state index in [1.807, 2.05) is 26.0 Å². The Balaban J connectivity index is 2.12. The molecule has 10 heteroatoms. The topological polar surface area (TPSA) is 121 Å². The van der Waals surface area contributed by atoms with Crippen LogP contribution in [-0.2, 0) is 26.1 Å². The van der Waals surface area contributed by atoms with Gasteiger partial charge in [-0.15, -0.1) is 0 Å². The average Bonchev–Trinajstić information content (AvgIpc) is 3.02. The summed E-state index contributed by atoms with van der Waals surface area (Å²) in [6, 6.07) is 9.90. The van der Waals surface area contributed by atoms with E-state index in [9.17, 15) is 18.0 Å². The predicted octanol–water partition coefficient (Wildman–Crippen LogP) is 2.66. The zero-order chi connectivity index (χ0) is 22.8. The second kappa shape index (κ2) is 9.13. The first-order valence-electron chi connectivity index (χ1n) is 9.58. The Morgan fingerprint density at radius 1 is 1.16 bits per heavy atom. The maximum absolute atomic E-state index is 12.9. The molecule has 1 amide bonds. The van der Waals surface area contributed by atoms with Crippen molar-refractivity contribution in [3.63, 3.8) is 0 Å². The van der Waals surface area contributed by atoms with Crippen LogP contribution in [0.2, 0.25) is 0 Å². The number of hydrogen-bond acceptors (Lipinski definition) is 6. The first-order valence-corrected chi connectivity index (χ1v) is 11.9. The number of fused-ring (bicyclic) bond motifs is 1. The van der Waals surface area contributed by atoms with Crippen LogP contribution in [0.5, 0.6) is 0 Å². The van der Waals surface area contributed by atoms with Crippen LogP contribution in [0.4, 0.5) is 0 Å². The molecule has 8 nitrogen and oxygen atoms in total. The second-order valence-corrected chi connectivity index (χ2v) is 9.57. The number of sulfonamides is 1. The number of ether oxygens (including phenoxy) is 1. The van der Waals surface area contributed by atoms with Crippen LogP contribution < -0.4 is 9.94 Å². The molecule has 0 aliphatic carbocycles. The minimum Gasteiger partial charge on any atom is -0.466 e. The van der Waals surface area contributed by atoms with Gasteiger partial charge in [0.2, 0.25) is 10.0 Å². The largest absolute Gasteiger partial charge is 0.466 e. The second-order valence-electron chi connectivity index (χ2n) is 7.00. The number of thiazole rings is 1. The summed E-state index contributed by atoms with van der Waals surface area (Å²) in [5.74, 6) is -0.789. The van der Waals surface area contributed by atoms with Gasteiger partial charge in [-0.3, -0.25) is 9.59 Å². The van der Waals surface area contributed by atoms with Crippen molar-refractivity contribution in [2.75, 3.05) is 6.61 Å². The molecule has 0 saturated carbocycles. The van der Waals surface area contributed by atoms with Gasteiger partial charge in [-0.2, -0.15) is 4.99 Å². The van der Waals surface area contributed by atoms with Gasteiger partial charge < -0.3 is 9.30 Å². The highest BCUT2D eigenvalue weighted by Gasteiger charge is 2.15. The van der Waals surface area contributed by atoms with E-state index in [2.05, 4.69) is 4.99 Å². The third-order valence-corrected chi connectivity index (χ3v) is 6.59. The van der Waals surface area contributed by atoms with E-state index < -0.39 is 15.9 Å². The summed E-state index contributed by atoms with van der Waals surface area (Å²) >= 11 is 1.15. The Kier molecular flexibility index (Phi) is 6.73. The van der Waals surface area contributed by atoms with Gasteiger partial charge in [0.15, 0.2) is 4.80 Å². The molecule has 0 bridgehead atoms. The van der Waals surface area contributed by atoms with E-state index in [0.29, 0.717) is 20.6 Å². The standard InChI is InChI=1S/C21H23N3O5S2/c1-4-29-19(25)9-10-24-17-8-6-15(31(22,27)28)12-18(17)30-21(24)23-20(26)16-7-5-13(2)11-14(16)3/h5-8,11-12H,4,9-10H2,1-3H3,(H2,22,27,28). The SMILES string of the molecule is CCOC(=O)CCn1c(=NC(=O)c2ccc(C)cc2C)sc2cc(S(N)(=O)=O)ccc21. The number of primary sulfonamides is 1. The molecule has 0 aliphatic rings. The summed E-state index contributed by atoms with van der Waals surface area (Å²) in [7, 11) is -3.88. The van der Waals surface area contributed by atoms with Crippen molar-refractivity contribution in [2.24, 2.45) is 10.1 Å². The molecular formula is C21H23N3O5S2. The minimum atomic E-state index is -3.88. The molecule has 2 N–H and O–H groups in total. The first-order chi connectivity index (χ1) is 14.6. The Hall–Kier alpha value is -2.82. The quantitative estimate of drug-likeness (QED) is 0.566. The molecular weight excluding hydrogens is 438 g/mol. The number of carbonyl (C=O) groups excluding carboxylic acids is 2. The van der Waals surface area contributed by atoms with Crippen LogP contribution in [0.1, 0.15) is 34.8 Å². The summed E-state index contributed by atoms with van der Waals surface area (Å²) in [5.41, 5.74) is 2.97. The van der Waals surface area contributed by atoms with Crippen LogP contribution in [0, 0.1) is 13.8 Å². The number of hydrogen-bond donors (Lipinski definition) is 1. The number of nitrogens with two attached hydrogens (primary N) is 1. The van der Waals surface area contributed by atoms with E-state index in [4.69, 9.17) is 9.88 Å². The Morgan fingerprint density at radius 3 is 2.55 bits per heavy atom.